The van der Waals surface area contributed by atoms with E-state index in [1.165, 1.54) is 135 Å². The van der Waals surface area contributed by atoms with Crippen molar-refractivity contribution in [3.63, 3.8) is 0 Å². The second kappa shape index (κ2) is 25.9. The Labute approximate surface area is 184 Å². The average Bonchev–Trinajstić information content (AvgIpc) is 2.72. The van der Waals surface area contributed by atoms with Gasteiger partial charge in [0.25, 0.3) is 0 Å². The second-order valence-corrected chi connectivity index (χ2v) is 9.14. The van der Waals surface area contributed by atoms with Gasteiger partial charge in [-0.15, -0.1) is 0 Å². The first kappa shape index (κ1) is 28.9. The molecular weight excluding hydrogens is 354 g/mol. The SMILES string of the molecule is CCCCCCCCCCCCCCCCCCCCCCN(CCN)CCN. The molecule has 0 saturated carbocycles. The Kier molecular flexibility index (Phi) is 25.8. The molecule has 0 aliphatic carbocycles. The maximum absolute atomic E-state index is 5.66. The summed E-state index contributed by atoms with van der Waals surface area (Å²) < 4.78 is 0. The van der Waals surface area contributed by atoms with E-state index in [4.69, 9.17) is 11.5 Å². The lowest BCUT2D eigenvalue weighted by molar-refractivity contribution is 0.281. The number of nitrogens with two attached hydrogens (primary N) is 2. The second-order valence-electron chi connectivity index (χ2n) is 9.14. The van der Waals surface area contributed by atoms with Crippen LogP contribution in [-0.2, 0) is 0 Å². The lowest BCUT2D eigenvalue weighted by atomic mass is 10.0. The van der Waals surface area contributed by atoms with E-state index < -0.39 is 0 Å². The molecule has 0 spiro atoms. The number of nitrogens with zero attached hydrogens (tertiary/aromatic N) is 1. The van der Waals surface area contributed by atoms with E-state index >= 15 is 0 Å². The molecule has 0 fully saturated rings. The lowest BCUT2D eigenvalue weighted by Gasteiger charge is -2.20. The van der Waals surface area contributed by atoms with Gasteiger partial charge in [-0.05, 0) is 13.0 Å². The van der Waals surface area contributed by atoms with Crippen molar-refractivity contribution in [2.45, 2.75) is 135 Å². The van der Waals surface area contributed by atoms with Crippen LogP contribution >= 0.6 is 0 Å². The minimum Gasteiger partial charge on any atom is -0.329 e. The molecule has 0 aromatic heterocycles. The molecule has 0 saturated heterocycles. The number of unbranched alkanes of at least 4 members (excludes halogenated alkanes) is 19. The van der Waals surface area contributed by atoms with Gasteiger partial charge in [0, 0.05) is 26.2 Å². The third-order valence-corrected chi connectivity index (χ3v) is 6.22. The van der Waals surface area contributed by atoms with Crippen LogP contribution < -0.4 is 11.5 Å². The average molecular weight is 412 g/mol. The van der Waals surface area contributed by atoms with Crippen LogP contribution in [0.3, 0.4) is 0 Å². The fourth-order valence-corrected chi connectivity index (χ4v) is 4.29. The van der Waals surface area contributed by atoms with Gasteiger partial charge in [-0.2, -0.15) is 0 Å². The molecule has 176 valence electrons. The Bertz CT molecular complexity index is 277. The molecule has 29 heavy (non-hydrogen) atoms. The van der Waals surface area contributed by atoms with Gasteiger partial charge < -0.3 is 16.4 Å². The Morgan fingerprint density at radius 2 is 0.655 bits per heavy atom. The fraction of sp³-hybridized carbons (Fsp3) is 1.00. The van der Waals surface area contributed by atoms with E-state index in [0.29, 0.717) is 0 Å². The zero-order valence-corrected chi connectivity index (χ0v) is 20.3. The van der Waals surface area contributed by atoms with Crippen molar-refractivity contribution in [2.75, 3.05) is 32.7 Å². The van der Waals surface area contributed by atoms with Crippen molar-refractivity contribution in [1.82, 2.24) is 4.90 Å². The molecule has 0 rings (SSSR count). The van der Waals surface area contributed by atoms with Crippen LogP contribution in [0.4, 0.5) is 0 Å². The molecule has 3 heteroatoms. The van der Waals surface area contributed by atoms with Gasteiger partial charge in [0.1, 0.15) is 0 Å². The first-order valence-electron chi connectivity index (χ1n) is 13.5. The van der Waals surface area contributed by atoms with Gasteiger partial charge in [0.05, 0.1) is 0 Å². The highest BCUT2D eigenvalue weighted by Gasteiger charge is 2.02. The normalized spacial score (nSPS) is 11.6. The molecule has 0 aromatic carbocycles. The third-order valence-electron chi connectivity index (χ3n) is 6.22. The fourth-order valence-electron chi connectivity index (χ4n) is 4.29. The molecule has 4 N–H and O–H groups in total. The summed E-state index contributed by atoms with van der Waals surface area (Å²) in [6.07, 6.45) is 28.8. The Balaban J connectivity index is 3.11. The Hall–Kier alpha value is -0.120. The molecule has 0 heterocycles. The highest BCUT2D eigenvalue weighted by molar-refractivity contribution is 4.59. The van der Waals surface area contributed by atoms with Crippen molar-refractivity contribution in [1.29, 1.82) is 0 Å². The van der Waals surface area contributed by atoms with Crippen LogP contribution in [0.1, 0.15) is 135 Å². The molecule has 0 bridgehead atoms. The van der Waals surface area contributed by atoms with Crippen molar-refractivity contribution < 1.29 is 0 Å². The summed E-state index contributed by atoms with van der Waals surface area (Å²) in [7, 11) is 0. The summed E-state index contributed by atoms with van der Waals surface area (Å²) in [6.45, 7) is 6.96. The van der Waals surface area contributed by atoms with E-state index in [9.17, 15) is 0 Å². The van der Waals surface area contributed by atoms with Crippen LogP contribution in [0.15, 0.2) is 0 Å². The monoisotopic (exact) mass is 411 g/mol. The zero-order chi connectivity index (χ0) is 21.3. The van der Waals surface area contributed by atoms with Gasteiger partial charge >= 0.3 is 0 Å². The molecule has 0 amide bonds. The largest absolute Gasteiger partial charge is 0.329 e. The van der Waals surface area contributed by atoms with Crippen molar-refractivity contribution in [2.24, 2.45) is 11.5 Å². The maximum Gasteiger partial charge on any atom is 0.0105 e. The molecule has 0 aliphatic heterocycles. The van der Waals surface area contributed by atoms with Gasteiger partial charge in [-0.1, -0.05) is 129 Å². The van der Waals surface area contributed by atoms with Crippen molar-refractivity contribution >= 4 is 0 Å². The number of rotatable bonds is 25. The van der Waals surface area contributed by atoms with Crippen LogP contribution in [0.2, 0.25) is 0 Å². The van der Waals surface area contributed by atoms with Crippen LogP contribution in [0, 0.1) is 0 Å². The van der Waals surface area contributed by atoms with Gasteiger partial charge in [-0.25, -0.2) is 0 Å². The summed E-state index contributed by atoms with van der Waals surface area (Å²) >= 11 is 0. The first-order chi connectivity index (χ1) is 14.3. The maximum atomic E-state index is 5.66. The predicted molar refractivity (Wildman–Crippen MR) is 133 cm³/mol. The van der Waals surface area contributed by atoms with Gasteiger partial charge in [0.15, 0.2) is 0 Å². The highest BCUT2D eigenvalue weighted by atomic mass is 15.1. The zero-order valence-electron chi connectivity index (χ0n) is 20.3. The van der Waals surface area contributed by atoms with Crippen LogP contribution in [-0.4, -0.2) is 37.6 Å². The van der Waals surface area contributed by atoms with E-state index in [2.05, 4.69) is 11.8 Å². The Morgan fingerprint density at radius 1 is 0.379 bits per heavy atom. The third kappa shape index (κ3) is 24.0. The van der Waals surface area contributed by atoms with Crippen molar-refractivity contribution in [3.05, 3.63) is 0 Å². The standard InChI is InChI=1S/C26H57N3/c1-2-3-4-5-6-7-8-9-10-11-12-13-14-15-16-17-18-19-20-21-24-29(25-22-27)26-23-28/h2-28H2,1H3. The molecule has 0 aliphatic rings. The molecule has 0 aromatic rings. The lowest BCUT2D eigenvalue weighted by Crippen LogP contribution is -2.34. The topological polar surface area (TPSA) is 55.3 Å². The summed E-state index contributed by atoms with van der Waals surface area (Å²) in [5, 5.41) is 0. The molecule has 0 unspecified atom stereocenters. The summed E-state index contributed by atoms with van der Waals surface area (Å²) in [5.74, 6) is 0. The summed E-state index contributed by atoms with van der Waals surface area (Å²) in [5.41, 5.74) is 11.3. The molecule has 3 nitrogen and oxygen atoms in total. The summed E-state index contributed by atoms with van der Waals surface area (Å²) in [6, 6.07) is 0. The minimum atomic E-state index is 0.749. The van der Waals surface area contributed by atoms with E-state index in [1.807, 2.05) is 0 Å². The predicted octanol–water partition coefficient (Wildman–Crippen LogP) is 7.03. The molecule has 0 radical (unpaired) electrons. The van der Waals surface area contributed by atoms with Gasteiger partial charge in [-0.3, -0.25) is 0 Å². The van der Waals surface area contributed by atoms with Crippen LogP contribution in [0.5, 0.6) is 0 Å². The first-order valence-corrected chi connectivity index (χ1v) is 13.5. The Morgan fingerprint density at radius 3 is 0.931 bits per heavy atom. The highest BCUT2D eigenvalue weighted by Crippen LogP contribution is 2.14. The van der Waals surface area contributed by atoms with Crippen molar-refractivity contribution in [3.8, 4) is 0 Å². The molecule has 0 atom stereocenters. The van der Waals surface area contributed by atoms with E-state index in [1.54, 1.807) is 0 Å². The molecular formula is C26H57N3. The summed E-state index contributed by atoms with van der Waals surface area (Å²) in [4.78, 5) is 2.41. The van der Waals surface area contributed by atoms with E-state index in [0.717, 1.165) is 26.2 Å². The minimum absolute atomic E-state index is 0.749. The van der Waals surface area contributed by atoms with Gasteiger partial charge in [0.2, 0.25) is 0 Å². The van der Waals surface area contributed by atoms with E-state index in [-0.39, 0.29) is 0 Å². The smallest absolute Gasteiger partial charge is 0.0105 e. The quantitative estimate of drug-likeness (QED) is 0.159. The van der Waals surface area contributed by atoms with Crippen LogP contribution in [0.25, 0.3) is 0 Å². The number of hydrogen-bond donors (Lipinski definition) is 2. The number of hydrogen-bond acceptors (Lipinski definition) is 3.